The molecule has 0 radical (unpaired) electrons. The summed E-state index contributed by atoms with van der Waals surface area (Å²) in [5.41, 5.74) is 5.85. The Balaban J connectivity index is 2.07. The first kappa shape index (κ1) is 15.7. The van der Waals surface area contributed by atoms with Crippen LogP contribution in [-0.2, 0) is 4.79 Å². The molecule has 0 bridgehead atoms. The van der Waals surface area contributed by atoms with Crippen molar-refractivity contribution in [2.24, 2.45) is 5.73 Å². The summed E-state index contributed by atoms with van der Waals surface area (Å²) in [5.74, 6) is -2.05. The van der Waals surface area contributed by atoms with Crippen LogP contribution in [-0.4, -0.2) is 11.8 Å². The van der Waals surface area contributed by atoms with Crippen LogP contribution in [0.3, 0.4) is 0 Å². The van der Waals surface area contributed by atoms with Crippen molar-refractivity contribution < 1.29 is 14.0 Å². The van der Waals surface area contributed by atoms with E-state index in [0.29, 0.717) is 5.02 Å². The van der Waals surface area contributed by atoms with Crippen molar-refractivity contribution >= 4 is 35.2 Å². The van der Waals surface area contributed by atoms with Gasteiger partial charge in [0.2, 0.25) is 5.91 Å². The summed E-state index contributed by atoms with van der Waals surface area (Å²) < 4.78 is 13.3. The van der Waals surface area contributed by atoms with Gasteiger partial charge in [0.15, 0.2) is 0 Å². The average molecular weight is 319 g/mol. The van der Waals surface area contributed by atoms with Crippen LogP contribution < -0.4 is 11.1 Å². The molecule has 2 rings (SSSR count). The lowest BCUT2D eigenvalue weighted by atomic mass is 10.1. The number of anilines is 1. The third-order valence-electron chi connectivity index (χ3n) is 2.80. The van der Waals surface area contributed by atoms with Crippen LogP contribution in [0.15, 0.2) is 48.5 Å². The van der Waals surface area contributed by atoms with Gasteiger partial charge in [0.1, 0.15) is 5.82 Å². The van der Waals surface area contributed by atoms with E-state index < -0.39 is 17.6 Å². The Labute approximate surface area is 131 Å². The lowest BCUT2D eigenvalue weighted by Gasteiger charge is -2.04. The maximum atomic E-state index is 13.3. The summed E-state index contributed by atoms with van der Waals surface area (Å²) in [6.07, 6.45) is 2.92. The first-order valence-corrected chi connectivity index (χ1v) is 6.67. The third-order valence-corrected chi connectivity index (χ3v) is 3.05. The van der Waals surface area contributed by atoms with Crippen LogP contribution >= 0.6 is 11.6 Å². The minimum absolute atomic E-state index is 0.278. The second-order valence-corrected chi connectivity index (χ2v) is 4.87. The van der Waals surface area contributed by atoms with Gasteiger partial charge in [-0.1, -0.05) is 23.7 Å². The third kappa shape index (κ3) is 4.17. The van der Waals surface area contributed by atoms with Crippen LogP contribution in [0.2, 0.25) is 5.02 Å². The summed E-state index contributed by atoms with van der Waals surface area (Å²) in [7, 11) is 0. The fourth-order valence-electron chi connectivity index (χ4n) is 1.72. The van der Waals surface area contributed by atoms with Crippen molar-refractivity contribution in [2.75, 3.05) is 5.32 Å². The van der Waals surface area contributed by atoms with Gasteiger partial charge in [0.25, 0.3) is 5.91 Å². The van der Waals surface area contributed by atoms with E-state index in [1.54, 1.807) is 30.3 Å². The Kier molecular flexibility index (Phi) is 4.91. The number of carbonyl (C=O) groups excluding carboxylic acids is 2. The molecule has 0 heterocycles. The van der Waals surface area contributed by atoms with Crippen LogP contribution in [0.5, 0.6) is 0 Å². The Hall–Kier alpha value is -2.66. The zero-order valence-electron chi connectivity index (χ0n) is 11.3. The van der Waals surface area contributed by atoms with Gasteiger partial charge in [-0.25, -0.2) is 4.39 Å². The highest BCUT2D eigenvalue weighted by Crippen LogP contribution is 2.15. The van der Waals surface area contributed by atoms with Gasteiger partial charge in [-0.15, -0.1) is 0 Å². The molecule has 0 unspecified atom stereocenters. The Morgan fingerprint density at radius 3 is 2.45 bits per heavy atom. The molecule has 0 aromatic heterocycles. The van der Waals surface area contributed by atoms with Gasteiger partial charge in [-0.05, 0) is 42.0 Å². The topological polar surface area (TPSA) is 72.2 Å². The highest BCUT2D eigenvalue weighted by Gasteiger charge is 2.09. The fraction of sp³-hybridized carbons (Fsp3) is 0. The zero-order chi connectivity index (χ0) is 16.1. The predicted molar refractivity (Wildman–Crippen MR) is 84.0 cm³/mol. The summed E-state index contributed by atoms with van der Waals surface area (Å²) in [6.45, 7) is 0. The summed E-state index contributed by atoms with van der Waals surface area (Å²) in [6, 6.07) is 10.5. The van der Waals surface area contributed by atoms with Gasteiger partial charge in [-0.2, -0.15) is 0 Å². The molecule has 0 aliphatic heterocycles. The highest BCUT2D eigenvalue weighted by atomic mass is 35.5. The van der Waals surface area contributed by atoms with Crippen LogP contribution in [0, 0.1) is 5.82 Å². The molecule has 22 heavy (non-hydrogen) atoms. The van der Waals surface area contributed by atoms with E-state index in [1.165, 1.54) is 18.2 Å². The maximum absolute atomic E-state index is 13.3. The first-order valence-electron chi connectivity index (χ1n) is 6.29. The number of hydrogen-bond acceptors (Lipinski definition) is 2. The number of benzene rings is 2. The van der Waals surface area contributed by atoms with Gasteiger partial charge in [0.05, 0.1) is 5.56 Å². The molecular weight excluding hydrogens is 307 g/mol. The van der Waals surface area contributed by atoms with E-state index in [9.17, 15) is 14.0 Å². The number of hydrogen-bond donors (Lipinski definition) is 2. The largest absolute Gasteiger partial charge is 0.366 e. The monoisotopic (exact) mass is 318 g/mol. The molecule has 0 aliphatic rings. The number of amides is 2. The number of nitrogens with two attached hydrogens (primary N) is 1. The molecule has 0 saturated heterocycles. The standard InChI is InChI=1S/C16H12ClFN2O2/c17-11-4-1-10(2-5-11)3-8-15(21)20-12-6-7-14(18)13(9-12)16(19)22/h1-9H,(H2,19,22)(H,20,21)/b8-3+. The lowest BCUT2D eigenvalue weighted by Crippen LogP contribution is -2.14. The van der Waals surface area contributed by atoms with E-state index in [2.05, 4.69) is 5.32 Å². The molecule has 2 amide bonds. The second kappa shape index (κ2) is 6.87. The summed E-state index contributed by atoms with van der Waals surface area (Å²) >= 11 is 5.76. The molecule has 0 saturated carbocycles. The normalized spacial score (nSPS) is 10.6. The molecular formula is C16H12ClFN2O2. The van der Waals surface area contributed by atoms with E-state index in [1.807, 2.05) is 0 Å². The van der Waals surface area contributed by atoms with Crippen LogP contribution in [0.4, 0.5) is 10.1 Å². The molecule has 112 valence electrons. The zero-order valence-corrected chi connectivity index (χ0v) is 12.1. The van der Waals surface area contributed by atoms with Crippen LogP contribution in [0.25, 0.3) is 6.08 Å². The SMILES string of the molecule is NC(=O)c1cc(NC(=O)/C=C/c2ccc(Cl)cc2)ccc1F. The minimum atomic E-state index is -0.898. The van der Waals surface area contributed by atoms with Crippen molar-refractivity contribution in [3.05, 3.63) is 70.5 Å². The summed E-state index contributed by atoms with van der Waals surface area (Å²) in [4.78, 5) is 22.8. The molecule has 2 aromatic carbocycles. The highest BCUT2D eigenvalue weighted by molar-refractivity contribution is 6.30. The van der Waals surface area contributed by atoms with E-state index >= 15 is 0 Å². The average Bonchev–Trinajstić information content (AvgIpc) is 2.48. The molecule has 0 fully saturated rings. The lowest BCUT2D eigenvalue weighted by molar-refractivity contribution is -0.111. The first-order chi connectivity index (χ1) is 10.5. The molecule has 6 heteroatoms. The van der Waals surface area contributed by atoms with E-state index in [0.717, 1.165) is 11.6 Å². The molecule has 0 atom stereocenters. The quantitative estimate of drug-likeness (QED) is 0.849. The van der Waals surface area contributed by atoms with Gasteiger partial charge in [0, 0.05) is 16.8 Å². The molecule has 0 aliphatic carbocycles. The Morgan fingerprint density at radius 2 is 1.82 bits per heavy atom. The van der Waals surface area contributed by atoms with Crippen molar-refractivity contribution in [3.8, 4) is 0 Å². The maximum Gasteiger partial charge on any atom is 0.251 e. The van der Waals surface area contributed by atoms with Crippen molar-refractivity contribution in [3.63, 3.8) is 0 Å². The predicted octanol–water partition coefficient (Wildman–Crippen LogP) is 3.23. The smallest absolute Gasteiger partial charge is 0.251 e. The number of halogens is 2. The van der Waals surface area contributed by atoms with Gasteiger partial charge >= 0.3 is 0 Å². The molecule has 0 spiro atoms. The Bertz CT molecular complexity index is 742. The van der Waals surface area contributed by atoms with E-state index in [4.69, 9.17) is 17.3 Å². The van der Waals surface area contributed by atoms with Gasteiger partial charge < -0.3 is 11.1 Å². The second-order valence-electron chi connectivity index (χ2n) is 4.43. The van der Waals surface area contributed by atoms with Crippen molar-refractivity contribution in [2.45, 2.75) is 0 Å². The fourth-order valence-corrected chi connectivity index (χ4v) is 1.85. The van der Waals surface area contributed by atoms with Crippen LogP contribution in [0.1, 0.15) is 15.9 Å². The van der Waals surface area contributed by atoms with E-state index in [-0.39, 0.29) is 11.3 Å². The van der Waals surface area contributed by atoms with Gasteiger partial charge in [-0.3, -0.25) is 9.59 Å². The molecule has 3 N–H and O–H groups in total. The number of nitrogens with one attached hydrogen (secondary N) is 1. The molecule has 4 nitrogen and oxygen atoms in total. The summed E-state index contributed by atoms with van der Waals surface area (Å²) in [5, 5.41) is 3.12. The molecule has 2 aromatic rings. The minimum Gasteiger partial charge on any atom is -0.366 e. The number of carbonyl (C=O) groups is 2. The van der Waals surface area contributed by atoms with Crippen molar-refractivity contribution in [1.29, 1.82) is 0 Å². The Morgan fingerprint density at radius 1 is 1.14 bits per heavy atom. The number of primary amides is 1. The number of rotatable bonds is 4. The van der Waals surface area contributed by atoms with Crippen molar-refractivity contribution in [1.82, 2.24) is 0 Å².